The Bertz CT molecular complexity index is 965. The molecule has 2 N–H and O–H groups in total. The number of fused-ring (bicyclic) bond motifs is 2. The highest BCUT2D eigenvalue weighted by Crippen LogP contribution is 2.12. The molecule has 3 heterocycles. The number of aromatic nitrogens is 3. The van der Waals surface area contributed by atoms with Crippen molar-refractivity contribution in [3.63, 3.8) is 0 Å². The van der Waals surface area contributed by atoms with Crippen molar-refractivity contribution in [1.82, 2.24) is 9.38 Å². The van der Waals surface area contributed by atoms with Crippen LogP contribution in [0, 0.1) is 18.3 Å². The van der Waals surface area contributed by atoms with E-state index < -0.39 is 0 Å². The minimum absolute atomic E-state index is 0.208. The Kier molecular flexibility index (Phi) is 2.44. The molecule has 0 atom stereocenters. The first kappa shape index (κ1) is 12.1. The minimum atomic E-state index is -0.208. The maximum atomic E-state index is 12.5. The quantitative estimate of drug-likeness (QED) is 0.472. The van der Waals surface area contributed by atoms with Crippen LogP contribution in [-0.2, 0) is 7.05 Å². The fourth-order valence-corrected chi connectivity index (χ4v) is 2.23. The number of nitrogens with two attached hydrogens (primary N) is 1. The standard InChI is InChI=1S/C14H11N5O/c1-8-3-4-11-17-13-10(14(20)19(11)7-8)5-9(6-15)12(16)18(13)2/h3-5,7,16H,1-2H3/p+1. The third kappa shape index (κ3) is 1.53. The lowest BCUT2D eigenvalue weighted by molar-refractivity contribution is -0.632. The smallest absolute Gasteiger partial charge is 0.278 e. The van der Waals surface area contributed by atoms with Crippen molar-refractivity contribution >= 4 is 22.5 Å². The Hall–Kier alpha value is -2.94. The Morgan fingerprint density at radius 3 is 2.90 bits per heavy atom. The largest absolute Gasteiger partial charge is 0.317 e. The van der Waals surface area contributed by atoms with Crippen molar-refractivity contribution in [2.45, 2.75) is 6.92 Å². The van der Waals surface area contributed by atoms with Gasteiger partial charge in [-0.15, -0.1) is 0 Å². The van der Waals surface area contributed by atoms with Gasteiger partial charge in [0.15, 0.2) is 0 Å². The molecule has 0 saturated heterocycles. The summed E-state index contributed by atoms with van der Waals surface area (Å²) in [5, 5.41) is 9.45. The molecule has 0 aliphatic rings. The topological polar surface area (TPSA) is 88.1 Å². The van der Waals surface area contributed by atoms with E-state index in [1.54, 1.807) is 23.9 Å². The molecule has 98 valence electrons. The molecule has 0 unspecified atom stereocenters. The van der Waals surface area contributed by atoms with Crippen LogP contribution < -0.4 is 15.9 Å². The van der Waals surface area contributed by atoms with E-state index in [0.29, 0.717) is 22.5 Å². The predicted molar refractivity (Wildman–Crippen MR) is 74.0 cm³/mol. The molecular weight excluding hydrogens is 254 g/mol. The zero-order chi connectivity index (χ0) is 14.4. The highest BCUT2D eigenvalue weighted by Gasteiger charge is 2.18. The molecule has 6 nitrogen and oxygen atoms in total. The van der Waals surface area contributed by atoms with Crippen molar-refractivity contribution in [3.05, 3.63) is 45.9 Å². The Balaban J connectivity index is 2.61. The zero-order valence-corrected chi connectivity index (χ0v) is 11.1. The number of anilines is 1. The Labute approximate surface area is 114 Å². The lowest BCUT2D eigenvalue weighted by atomic mass is 10.2. The molecule has 6 heteroatoms. The van der Waals surface area contributed by atoms with Gasteiger partial charge in [0.2, 0.25) is 11.5 Å². The third-order valence-electron chi connectivity index (χ3n) is 3.35. The molecule has 0 aliphatic heterocycles. The van der Waals surface area contributed by atoms with Crippen molar-refractivity contribution in [1.29, 1.82) is 5.26 Å². The predicted octanol–water partition coefficient (Wildman–Crippen LogP) is 0.434. The third-order valence-corrected chi connectivity index (χ3v) is 3.35. The molecular formula is C14H12N5O+. The van der Waals surface area contributed by atoms with Crippen LogP contribution in [0.3, 0.4) is 0 Å². The summed E-state index contributed by atoms with van der Waals surface area (Å²) in [6.45, 7) is 1.90. The van der Waals surface area contributed by atoms with E-state index in [2.05, 4.69) is 4.98 Å². The fraction of sp³-hybridized carbons (Fsp3) is 0.143. The maximum absolute atomic E-state index is 12.5. The van der Waals surface area contributed by atoms with Crippen LogP contribution >= 0.6 is 0 Å². The van der Waals surface area contributed by atoms with E-state index in [-0.39, 0.29) is 11.1 Å². The molecule has 0 radical (unpaired) electrons. The lowest BCUT2D eigenvalue weighted by Gasteiger charge is -2.05. The average Bonchev–Trinajstić information content (AvgIpc) is 2.44. The van der Waals surface area contributed by atoms with E-state index in [9.17, 15) is 4.79 Å². The van der Waals surface area contributed by atoms with Crippen LogP contribution in [0.4, 0.5) is 5.82 Å². The number of nitriles is 1. The van der Waals surface area contributed by atoms with Gasteiger partial charge in [-0.2, -0.15) is 5.26 Å². The first-order chi connectivity index (χ1) is 9.52. The molecule has 20 heavy (non-hydrogen) atoms. The normalized spacial score (nSPS) is 10.8. The molecule has 3 aromatic rings. The number of rotatable bonds is 0. The number of nitrogens with zero attached hydrogens (tertiary/aromatic N) is 4. The summed E-state index contributed by atoms with van der Waals surface area (Å²) in [5.74, 6) is 0.295. The van der Waals surface area contributed by atoms with Crippen molar-refractivity contribution in [2.24, 2.45) is 7.05 Å². The molecule has 3 aromatic heterocycles. The Morgan fingerprint density at radius 1 is 1.45 bits per heavy atom. The summed E-state index contributed by atoms with van der Waals surface area (Å²) in [6.07, 6.45) is 1.73. The summed E-state index contributed by atoms with van der Waals surface area (Å²) < 4.78 is 3.05. The SMILES string of the molecule is Cc1ccc2nc3c(cc(C#N)c(N)[n+]3C)c(=O)n2c1. The highest BCUT2D eigenvalue weighted by molar-refractivity contribution is 5.76. The average molecular weight is 266 g/mol. The van der Waals surface area contributed by atoms with E-state index in [1.165, 1.54) is 10.5 Å². The first-order valence-electron chi connectivity index (χ1n) is 6.04. The van der Waals surface area contributed by atoms with Crippen molar-refractivity contribution < 1.29 is 4.57 Å². The van der Waals surface area contributed by atoms with Gasteiger partial charge in [0.05, 0.1) is 7.05 Å². The van der Waals surface area contributed by atoms with Crippen LogP contribution in [0.1, 0.15) is 11.1 Å². The van der Waals surface area contributed by atoms with E-state index in [1.807, 2.05) is 19.1 Å². The van der Waals surface area contributed by atoms with E-state index >= 15 is 0 Å². The van der Waals surface area contributed by atoms with Crippen LogP contribution in [-0.4, -0.2) is 9.38 Å². The number of aryl methyl sites for hydroxylation is 2. The van der Waals surface area contributed by atoms with Crippen LogP contribution in [0.15, 0.2) is 29.2 Å². The molecule has 0 spiro atoms. The summed E-state index contributed by atoms with van der Waals surface area (Å²) >= 11 is 0. The maximum Gasteiger partial charge on any atom is 0.278 e. The van der Waals surface area contributed by atoms with Crippen LogP contribution in [0.5, 0.6) is 0 Å². The van der Waals surface area contributed by atoms with E-state index in [4.69, 9.17) is 11.0 Å². The molecule has 0 amide bonds. The minimum Gasteiger partial charge on any atom is -0.317 e. The summed E-state index contributed by atoms with van der Waals surface area (Å²) in [6, 6.07) is 7.16. The molecule has 0 bridgehead atoms. The summed E-state index contributed by atoms with van der Waals surface area (Å²) in [4.78, 5) is 17.0. The Morgan fingerprint density at radius 2 is 2.20 bits per heavy atom. The van der Waals surface area contributed by atoms with Gasteiger partial charge in [0, 0.05) is 6.20 Å². The zero-order valence-electron chi connectivity index (χ0n) is 11.1. The molecule has 3 rings (SSSR count). The number of hydrogen-bond donors (Lipinski definition) is 1. The van der Waals surface area contributed by atoms with Gasteiger partial charge in [-0.05, 0) is 24.6 Å². The number of nitrogen functional groups attached to an aromatic ring is 1. The van der Waals surface area contributed by atoms with Crippen molar-refractivity contribution in [2.75, 3.05) is 5.73 Å². The second kappa shape index (κ2) is 4.03. The second-order valence-electron chi connectivity index (χ2n) is 4.70. The van der Waals surface area contributed by atoms with Crippen molar-refractivity contribution in [3.8, 4) is 6.07 Å². The number of hydrogen-bond acceptors (Lipinski definition) is 4. The lowest BCUT2D eigenvalue weighted by Crippen LogP contribution is -2.37. The molecule has 0 saturated carbocycles. The van der Waals surface area contributed by atoms with Gasteiger partial charge in [0.1, 0.15) is 17.0 Å². The molecule has 0 aliphatic carbocycles. The van der Waals surface area contributed by atoms with Gasteiger partial charge < -0.3 is 5.73 Å². The highest BCUT2D eigenvalue weighted by atomic mass is 16.1. The van der Waals surface area contributed by atoms with Crippen LogP contribution in [0.2, 0.25) is 0 Å². The first-order valence-corrected chi connectivity index (χ1v) is 6.04. The second-order valence-corrected chi connectivity index (χ2v) is 4.70. The molecule has 0 fully saturated rings. The number of pyridine rings is 2. The fourth-order valence-electron chi connectivity index (χ4n) is 2.23. The van der Waals surface area contributed by atoms with Gasteiger partial charge in [0.25, 0.3) is 11.2 Å². The van der Waals surface area contributed by atoms with Gasteiger partial charge >= 0.3 is 0 Å². The van der Waals surface area contributed by atoms with Gasteiger partial charge in [-0.1, -0.05) is 11.1 Å². The summed E-state index contributed by atoms with van der Waals surface area (Å²) in [5.41, 5.74) is 7.91. The monoisotopic (exact) mass is 266 g/mol. The van der Waals surface area contributed by atoms with E-state index in [0.717, 1.165) is 5.56 Å². The van der Waals surface area contributed by atoms with Gasteiger partial charge in [-0.3, -0.25) is 9.20 Å². The van der Waals surface area contributed by atoms with Gasteiger partial charge in [-0.25, -0.2) is 4.57 Å². The molecule has 0 aromatic carbocycles. The summed E-state index contributed by atoms with van der Waals surface area (Å²) in [7, 11) is 1.69. The van der Waals surface area contributed by atoms with Crippen LogP contribution in [0.25, 0.3) is 16.7 Å².